The van der Waals surface area contributed by atoms with Crippen LogP contribution in [-0.4, -0.2) is 29.8 Å². The van der Waals surface area contributed by atoms with Crippen LogP contribution in [-0.2, 0) is 6.42 Å². The zero-order chi connectivity index (χ0) is 13.7. The fraction of sp³-hybridized carbons (Fsp3) is 0.231. The van der Waals surface area contributed by atoms with Crippen LogP contribution < -0.4 is 9.47 Å². The molecule has 0 amide bonds. The normalized spacial score (nSPS) is 10.2. The van der Waals surface area contributed by atoms with Crippen molar-refractivity contribution in [2.75, 3.05) is 13.7 Å². The van der Waals surface area contributed by atoms with Gasteiger partial charge < -0.3 is 19.0 Å². The molecule has 0 aliphatic carbocycles. The van der Waals surface area contributed by atoms with Gasteiger partial charge in [0.1, 0.15) is 17.3 Å². The lowest BCUT2D eigenvalue weighted by Gasteiger charge is -2.06. The third kappa shape index (κ3) is 3.25. The van der Waals surface area contributed by atoms with Gasteiger partial charge in [-0.2, -0.15) is 0 Å². The maximum atomic E-state index is 10.8. The first-order chi connectivity index (χ1) is 9.20. The number of aromatic carboxylic acids is 1. The third-order valence-corrected chi connectivity index (χ3v) is 2.50. The molecule has 6 nitrogen and oxygen atoms in total. The van der Waals surface area contributed by atoms with Gasteiger partial charge in [0.25, 0.3) is 0 Å². The molecule has 100 valence electrons. The van der Waals surface area contributed by atoms with Gasteiger partial charge in [0, 0.05) is 6.42 Å². The van der Waals surface area contributed by atoms with Crippen molar-refractivity contribution in [3.63, 3.8) is 0 Å². The Labute approximate surface area is 109 Å². The Balaban J connectivity index is 1.89. The van der Waals surface area contributed by atoms with Crippen molar-refractivity contribution in [2.24, 2.45) is 0 Å². The van der Waals surface area contributed by atoms with Gasteiger partial charge in [-0.05, 0) is 24.3 Å². The van der Waals surface area contributed by atoms with Crippen molar-refractivity contribution in [2.45, 2.75) is 6.42 Å². The summed E-state index contributed by atoms with van der Waals surface area (Å²) < 4.78 is 15.5. The van der Waals surface area contributed by atoms with Gasteiger partial charge in [-0.1, -0.05) is 0 Å². The number of benzene rings is 1. The van der Waals surface area contributed by atoms with E-state index in [0.717, 1.165) is 12.1 Å². The maximum absolute atomic E-state index is 10.8. The summed E-state index contributed by atoms with van der Waals surface area (Å²) in [5, 5.41) is 8.85. The highest BCUT2D eigenvalue weighted by molar-refractivity contribution is 5.86. The number of ether oxygens (including phenoxy) is 2. The summed E-state index contributed by atoms with van der Waals surface area (Å²) in [6.07, 6.45) is 1.46. The number of nitrogens with zero attached hydrogens (tertiary/aromatic N) is 1. The van der Waals surface area contributed by atoms with E-state index in [1.165, 1.54) is 0 Å². The largest absolute Gasteiger partial charge is 0.497 e. The van der Waals surface area contributed by atoms with E-state index in [0.29, 0.717) is 24.5 Å². The average Bonchev–Trinajstić information content (AvgIpc) is 2.88. The minimum atomic E-state index is -1.10. The van der Waals surface area contributed by atoms with Gasteiger partial charge in [-0.3, -0.25) is 0 Å². The van der Waals surface area contributed by atoms with E-state index >= 15 is 0 Å². The number of carboxylic acids is 1. The summed E-state index contributed by atoms with van der Waals surface area (Å²) in [5.41, 5.74) is -0.0710. The van der Waals surface area contributed by atoms with Gasteiger partial charge in [0.15, 0.2) is 12.1 Å². The van der Waals surface area contributed by atoms with Crippen LogP contribution in [0.5, 0.6) is 11.5 Å². The van der Waals surface area contributed by atoms with Crippen LogP contribution in [0.25, 0.3) is 0 Å². The summed E-state index contributed by atoms with van der Waals surface area (Å²) in [6, 6.07) is 7.12. The Bertz CT molecular complexity index is 546. The SMILES string of the molecule is COc1ccc(OCCc2ocnc2C(=O)O)cc1. The fourth-order valence-electron chi connectivity index (χ4n) is 1.56. The Morgan fingerprint density at radius 3 is 2.63 bits per heavy atom. The molecule has 0 bridgehead atoms. The minimum absolute atomic E-state index is 0.0710. The molecule has 0 unspecified atom stereocenters. The molecule has 0 saturated heterocycles. The van der Waals surface area contributed by atoms with E-state index in [4.69, 9.17) is 19.0 Å². The Morgan fingerprint density at radius 2 is 2.00 bits per heavy atom. The van der Waals surface area contributed by atoms with Crippen LogP contribution in [0.4, 0.5) is 0 Å². The first kappa shape index (κ1) is 12.9. The molecule has 0 aliphatic heterocycles. The smallest absolute Gasteiger partial charge is 0.358 e. The number of hydrogen-bond acceptors (Lipinski definition) is 5. The van der Waals surface area contributed by atoms with Crippen molar-refractivity contribution < 1.29 is 23.8 Å². The Kier molecular flexibility index (Phi) is 4.02. The molecule has 0 saturated carbocycles. The maximum Gasteiger partial charge on any atom is 0.358 e. The average molecular weight is 263 g/mol. The van der Waals surface area contributed by atoms with Gasteiger partial charge in [-0.25, -0.2) is 9.78 Å². The second kappa shape index (κ2) is 5.90. The summed E-state index contributed by atoms with van der Waals surface area (Å²) in [6.45, 7) is 0.307. The van der Waals surface area contributed by atoms with Crippen LogP contribution in [0.1, 0.15) is 16.2 Å². The van der Waals surface area contributed by atoms with Gasteiger partial charge in [0.2, 0.25) is 0 Å². The van der Waals surface area contributed by atoms with E-state index in [-0.39, 0.29) is 5.69 Å². The molecule has 6 heteroatoms. The first-order valence-electron chi connectivity index (χ1n) is 5.63. The standard InChI is InChI=1S/C13H13NO5/c1-17-9-2-4-10(5-3-9)18-7-6-11-12(13(15)16)14-8-19-11/h2-5,8H,6-7H2,1H3,(H,15,16). The van der Waals surface area contributed by atoms with Crippen molar-refractivity contribution in [3.8, 4) is 11.5 Å². The monoisotopic (exact) mass is 263 g/mol. The number of oxazole rings is 1. The fourth-order valence-corrected chi connectivity index (χ4v) is 1.56. The highest BCUT2D eigenvalue weighted by Crippen LogP contribution is 2.17. The van der Waals surface area contributed by atoms with E-state index in [2.05, 4.69) is 4.98 Å². The van der Waals surface area contributed by atoms with E-state index in [9.17, 15) is 4.79 Å². The third-order valence-electron chi connectivity index (χ3n) is 2.50. The second-order valence-corrected chi connectivity index (χ2v) is 3.70. The molecule has 1 N–H and O–H groups in total. The molecule has 2 aromatic rings. The molecule has 0 fully saturated rings. The van der Waals surface area contributed by atoms with Crippen LogP contribution >= 0.6 is 0 Å². The Morgan fingerprint density at radius 1 is 1.32 bits per heavy atom. The molecule has 0 atom stereocenters. The van der Waals surface area contributed by atoms with Gasteiger partial charge >= 0.3 is 5.97 Å². The van der Waals surface area contributed by atoms with E-state index in [1.54, 1.807) is 31.4 Å². The first-order valence-corrected chi connectivity index (χ1v) is 5.63. The van der Waals surface area contributed by atoms with Crippen LogP contribution in [0.2, 0.25) is 0 Å². The lowest BCUT2D eigenvalue weighted by atomic mass is 10.3. The highest BCUT2D eigenvalue weighted by Gasteiger charge is 2.14. The molecule has 0 aliphatic rings. The van der Waals surface area contributed by atoms with Crippen molar-refractivity contribution in [1.29, 1.82) is 0 Å². The number of carbonyl (C=O) groups is 1. The predicted octanol–water partition coefficient (Wildman–Crippen LogP) is 2.00. The lowest BCUT2D eigenvalue weighted by Crippen LogP contribution is -2.06. The highest BCUT2D eigenvalue weighted by atomic mass is 16.5. The molecular formula is C13H13NO5. The van der Waals surface area contributed by atoms with Crippen LogP contribution in [0.15, 0.2) is 35.1 Å². The van der Waals surface area contributed by atoms with Crippen molar-refractivity contribution in [1.82, 2.24) is 4.98 Å². The summed E-state index contributed by atoms with van der Waals surface area (Å²) in [5.74, 6) is 0.627. The molecular weight excluding hydrogens is 250 g/mol. The van der Waals surface area contributed by atoms with E-state index in [1.807, 2.05) is 0 Å². The van der Waals surface area contributed by atoms with Crippen molar-refractivity contribution in [3.05, 3.63) is 42.1 Å². The van der Waals surface area contributed by atoms with Gasteiger partial charge in [-0.15, -0.1) is 0 Å². The number of aromatic nitrogens is 1. The zero-order valence-electron chi connectivity index (χ0n) is 10.3. The van der Waals surface area contributed by atoms with E-state index < -0.39 is 5.97 Å². The minimum Gasteiger partial charge on any atom is -0.497 e. The molecule has 0 radical (unpaired) electrons. The summed E-state index contributed by atoms with van der Waals surface area (Å²) in [7, 11) is 1.59. The second-order valence-electron chi connectivity index (χ2n) is 3.70. The molecule has 2 rings (SSSR count). The van der Waals surface area contributed by atoms with Gasteiger partial charge in [0.05, 0.1) is 13.7 Å². The number of rotatable bonds is 6. The predicted molar refractivity (Wildman–Crippen MR) is 65.7 cm³/mol. The quantitative estimate of drug-likeness (QED) is 0.858. The van der Waals surface area contributed by atoms with Crippen LogP contribution in [0, 0.1) is 0 Å². The summed E-state index contributed by atoms with van der Waals surface area (Å²) in [4.78, 5) is 14.4. The van der Waals surface area contributed by atoms with Crippen molar-refractivity contribution >= 4 is 5.97 Å². The zero-order valence-corrected chi connectivity index (χ0v) is 10.3. The number of carboxylic acid groups (broad SMARTS) is 1. The number of methoxy groups -OCH3 is 1. The molecule has 1 aromatic carbocycles. The molecule has 1 heterocycles. The molecule has 1 aromatic heterocycles. The molecule has 19 heavy (non-hydrogen) atoms. The summed E-state index contributed by atoms with van der Waals surface area (Å²) >= 11 is 0. The Hall–Kier alpha value is -2.50. The number of hydrogen-bond donors (Lipinski definition) is 1. The topological polar surface area (TPSA) is 81.8 Å². The van der Waals surface area contributed by atoms with Crippen LogP contribution in [0.3, 0.4) is 0 Å². The lowest BCUT2D eigenvalue weighted by molar-refractivity contribution is 0.0688. The molecule has 0 spiro atoms.